The van der Waals surface area contributed by atoms with E-state index >= 15 is 0 Å². The maximum Gasteiger partial charge on any atom is 0.251 e. The molecular weight excluding hydrogens is 690 g/mol. The maximum atomic E-state index is 13.9. The van der Waals surface area contributed by atoms with Crippen molar-refractivity contribution in [2.75, 3.05) is 25.0 Å². The van der Waals surface area contributed by atoms with E-state index in [0.717, 1.165) is 79.4 Å². The molecule has 3 amide bonds. The number of tetrazole rings is 1. The third-order valence-corrected chi connectivity index (χ3v) is 10.7. The molecule has 3 aromatic carbocycles. The van der Waals surface area contributed by atoms with Crippen LogP contribution in [0.2, 0.25) is 0 Å². The van der Waals surface area contributed by atoms with Crippen molar-refractivity contribution in [2.24, 2.45) is 17.6 Å². The van der Waals surface area contributed by atoms with Crippen LogP contribution in [0.3, 0.4) is 0 Å². The van der Waals surface area contributed by atoms with Crippen molar-refractivity contribution in [3.63, 3.8) is 0 Å². The molecule has 2 heterocycles. The Balaban J connectivity index is 0.00000541. The predicted molar refractivity (Wildman–Crippen MR) is 209 cm³/mol. The van der Waals surface area contributed by atoms with Crippen molar-refractivity contribution in [2.45, 2.75) is 83.8 Å². The van der Waals surface area contributed by atoms with E-state index < -0.39 is 6.04 Å². The van der Waals surface area contributed by atoms with Crippen LogP contribution in [-0.2, 0) is 16.0 Å². The lowest BCUT2D eigenvalue weighted by Gasteiger charge is -2.34. The Morgan fingerprint density at radius 3 is 2.32 bits per heavy atom. The fourth-order valence-electron chi connectivity index (χ4n) is 7.38. The Hall–Kier alpha value is -4.65. The minimum Gasteiger partial charge on any atom is -0.349 e. The lowest BCUT2D eigenvalue weighted by atomic mass is 9.81. The lowest BCUT2D eigenvalue weighted by Crippen LogP contribution is -2.48. The monoisotopic (exact) mass is 741 g/mol. The summed E-state index contributed by atoms with van der Waals surface area (Å²) in [4.78, 5) is 43.2. The van der Waals surface area contributed by atoms with Gasteiger partial charge in [0.25, 0.3) is 5.91 Å². The van der Waals surface area contributed by atoms with Crippen LogP contribution in [-0.4, -0.2) is 81.0 Å². The van der Waals surface area contributed by atoms with Gasteiger partial charge in [-0.3, -0.25) is 14.4 Å². The molecule has 12 nitrogen and oxygen atoms in total. The first-order valence-electron chi connectivity index (χ1n) is 18.6. The number of nitrogens with zero attached hydrogens (tertiary/aromatic N) is 4. The number of anilines is 1. The molecule has 1 aliphatic heterocycles. The number of hydrogen-bond donors (Lipinski definition) is 5. The second kappa shape index (κ2) is 18.4. The van der Waals surface area contributed by atoms with Crippen LogP contribution in [0.5, 0.6) is 0 Å². The number of likely N-dealkylation sites (tertiary alicyclic amines) is 1. The van der Waals surface area contributed by atoms with Gasteiger partial charge in [0.15, 0.2) is 0 Å². The fourth-order valence-corrected chi connectivity index (χ4v) is 7.38. The average molecular weight is 742 g/mol. The first kappa shape index (κ1) is 39.6. The molecule has 0 bridgehead atoms. The number of amides is 3. The van der Waals surface area contributed by atoms with Gasteiger partial charge in [0.1, 0.15) is 6.04 Å². The van der Waals surface area contributed by atoms with Crippen molar-refractivity contribution >= 4 is 35.8 Å². The van der Waals surface area contributed by atoms with Crippen molar-refractivity contribution in [1.29, 1.82) is 0 Å². The Labute approximate surface area is 317 Å². The number of aromatic nitrogens is 4. The standard InChI is InChI=1S/C40H51N9O3.ClH/c1-25(2)49-19-17-34(18-20-49)42-39(51)32-6-4-5-31(23-32)35-21-28(8-7-26(35)3)22-36(44-38(50)30-11-9-27(24-41)10-12-30)40(52)43-33-15-13-29(14-16-33)37-45-47-48-46-37;/h4-8,13-16,21,23,25,27,30,34,36H,9-12,17-20,22,24,41H2,1-3H3,(H,42,51)(H,43,52)(H,44,50)(H,45,46,47,48);1H/t27?,30?,36-;/m0./s1. The zero-order valence-electron chi connectivity index (χ0n) is 30.8. The highest BCUT2D eigenvalue weighted by Gasteiger charge is 2.30. The number of halogens is 1. The summed E-state index contributed by atoms with van der Waals surface area (Å²) >= 11 is 0. The molecule has 1 atom stereocenters. The van der Waals surface area contributed by atoms with Gasteiger partial charge in [-0.1, -0.05) is 30.3 Å². The highest BCUT2D eigenvalue weighted by Crippen LogP contribution is 2.30. The van der Waals surface area contributed by atoms with E-state index in [-0.39, 0.29) is 42.1 Å². The van der Waals surface area contributed by atoms with Crippen LogP contribution in [0.1, 0.15) is 73.9 Å². The summed E-state index contributed by atoms with van der Waals surface area (Å²) in [6.45, 7) is 9.06. The van der Waals surface area contributed by atoms with Gasteiger partial charge in [-0.05, 0) is 136 Å². The van der Waals surface area contributed by atoms with Gasteiger partial charge in [-0.25, -0.2) is 0 Å². The molecule has 2 aliphatic rings. The number of benzene rings is 3. The Bertz CT molecular complexity index is 1820. The fraction of sp³-hybridized carbons (Fsp3) is 0.450. The summed E-state index contributed by atoms with van der Waals surface area (Å²) in [6.07, 6.45) is 5.51. The number of nitrogens with one attached hydrogen (secondary N) is 4. The van der Waals surface area contributed by atoms with Gasteiger partial charge in [0.05, 0.1) is 0 Å². The molecule has 1 aromatic heterocycles. The summed E-state index contributed by atoms with van der Waals surface area (Å²) in [7, 11) is 0. The molecule has 53 heavy (non-hydrogen) atoms. The van der Waals surface area contributed by atoms with Gasteiger partial charge in [0, 0.05) is 54.3 Å². The van der Waals surface area contributed by atoms with Gasteiger partial charge >= 0.3 is 0 Å². The predicted octanol–water partition coefficient (Wildman–Crippen LogP) is 5.30. The number of nitrogens with two attached hydrogens (primary N) is 1. The van der Waals surface area contributed by atoms with Crippen molar-refractivity contribution in [3.8, 4) is 22.5 Å². The number of carbonyl (C=O) groups excluding carboxylic acids is 3. The van der Waals surface area contributed by atoms with Crippen molar-refractivity contribution in [1.82, 2.24) is 36.2 Å². The van der Waals surface area contributed by atoms with E-state index in [9.17, 15) is 14.4 Å². The van der Waals surface area contributed by atoms with E-state index in [1.165, 1.54) is 0 Å². The molecule has 4 aromatic rings. The van der Waals surface area contributed by atoms with Gasteiger partial charge in [0.2, 0.25) is 17.6 Å². The summed E-state index contributed by atoms with van der Waals surface area (Å²) in [5.74, 6) is 0.259. The second-order valence-corrected chi connectivity index (χ2v) is 14.6. The second-order valence-electron chi connectivity index (χ2n) is 14.6. The first-order chi connectivity index (χ1) is 25.2. The molecule has 1 aliphatic carbocycles. The Kier molecular flexibility index (Phi) is 13.7. The molecule has 282 valence electrons. The quantitative estimate of drug-likeness (QED) is 0.130. The molecule has 6 rings (SSSR count). The van der Waals surface area contributed by atoms with E-state index in [1.54, 1.807) is 24.3 Å². The highest BCUT2D eigenvalue weighted by molar-refractivity contribution is 5.98. The molecular formula is C40H52ClN9O3. The maximum absolute atomic E-state index is 13.9. The summed E-state index contributed by atoms with van der Waals surface area (Å²) in [6, 6.07) is 20.8. The van der Waals surface area contributed by atoms with Crippen LogP contribution in [0.15, 0.2) is 66.7 Å². The summed E-state index contributed by atoms with van der Waals surface area (Å²) in [5.41, 5.74) is 11.7. The highest BCUT2D eigenvalue weighted by atomic mass is 35.5. The average Bonchev–Trinajstić information content (AvgIpc) is 3.71. The molecule has 0 spiro atoms. The van der Waals surface area contributed by atoms with Gasteiger partial charge in [-0.15, -0.1) is 22.6 Å². The van der Waals surface area contributed by atoms with Crippen LogP contribution in [0.25, 0.3) is 22.5 Å². The largest absolute Gasteiger partial charge is 0.349 e. The van der Waals surface area contributed by atoms with Crippen LogP contribution in [0, 0.1) is 18.8 Å². The topological polar surface area (TPSA) is 171 Å². The van der Waals surface area contributed by atoms with E-state index in [0.29, 0.717) is 42.0 Å². The zero-order valence-corrected chi connectivity index (χ0v) is 31.6. The minimum absolute atomic E-state index is 0. The molecule has 13 heteroatoms. The first-order valence-corrected chi connectivity index (χ1v) is 18.6. The molecule has 1 saturated heterocycles. The summed E-state index contributed by atoms with van der Waals surface area (Å²) in [5, 5.41) is 23.4. The smallest absolute Gasteiger partial charge is 0.251 e. The third kappa shape index (κ3) is 10.3. The van der Waals surface area contributed by atoms with Crippen LogP contribution >= 0.6 is 12.4 Å². The number of aromatic amines is 1. The Morgan fingerprint density at radius 2 is 1.66 bits per heavy atom. The van der Waals surface area contributed by atoms with Crippen LogP contribution in [0.4, 0.5) is 5.69 Å². The third-order valence-electron chi connectivity index (χ3n) is 10.7. The number of hydrogen-bond acceptors (Lipinski definition) is 8. The number of H-pyrrole nitrogens is 1. The van der Waals surface area contributed by atoms with E-state index in [2.05, 4.69) is 61.4 Å². The molecule has 0 radical (unpaired) electrons. The van der Waals surface area contributed by atoms with Gasteiger partial charge in [-0.2, -0.15) is 5.21 Å². The Morgan fingerprint density at radius 1 is 0.925 bits per heavy atom. The molecule has 2 fully saturated rings. The van der Waals surface area contributed by atoms with Crippen molar-refractivity contribution < 1.29 is 14.4 Å². The van der Waals surface area contributed by atoms with E-state index in [1.807, 2.05) is 43.3 Å². The number of rotatable bonds is 12. The lowest BCUT2D eigenvalue weighted by molar-refractivity contribution is -0.130. The normalized spacial score (nSPS) is 18.5. The molecule has 1 saturated carbocycles. The van der Waals surface area contributed by atoms with Crippen molar-refractivity contribution in [3.05, 3.63) is 83.4 Å². The SMILES string of the molecule is Cc1ccc(C[C@H](NC(=O)C2CCC(CN)CC2)C(=O)Nc2ccc(-c3nn[nH]n3)cc2)cc1-c1cccc(C(=O)NC2CCN(C(C)C)CC2)c1.Cl. The number of carbonyl (C=O) groups is 3. The minimum atomic E-state index is -0.814. The summed E-state index contributed by atoms with van der Waals surface area (Å²) < 4.78 is 0. The zero-order chi connectivity index (χ0) is 36.6. The number of aryl methyl sites for hydroxylation is 1. The molecule has 0 unspecified atom stereocenters. The molecule has 6 N–H and O–H groups in total. The van der Waals surface area contributed by atoms with E-state index in [4.69, 9.17) is 5.73 Å². The number of piperidine rings is 1. The van der Waals surface area contributed by atoms with Gasteiger partial charge < -0.3 is 26.6 Å². The van der Waals surface area contributed by atoms with Crippen LogP contribution < -0.4 is 21.7 Å².